The molecule has 0 heterocycles. The van der Waals surface area contributed by atoms with E-state index in [9.17, 15) is 9.59 Å². The molecule has 3 rings (SSSR count). The summed E-state index contributed by atoms with van der Waals surface area (Å²) >= 11 is 0. The second-order valence-corrected chi connectivity index (χ2v) is 7.49. The molecule has 1 aliphatic carbocycles. The number of carbonyl (C=O) groups is 2. The van der Waals surface area contributed by atoms with Crippen molar-refractivity contribution < 1.29 is 9.59 Å². The van der Waals surface area contributed by atoms with E-state index in [4.69, 9.17) is 0 Å². The molecule has 1 fully saturated rings. The molecule has 0 spiro atoms. The highest BCUT2D eigenvalue weighted by molar-refractivity contribution is 5.95. The number of nitrogens with zero attached hydrogens (tertiary/aromatic N) is 1. The molecule has 2 aromatic rings. The highest BCUT2D eigenvalue weighted by atomic mass is 16.2. The van der Waals surface area contributed by atoms with Crippen LogP contribution in [0.5, 0.6) is 0 Å². The Morgan fingerprint density at radius 3 is 2.41 bits per heavy atom. The molecule has 5 nitrogen and oxygen atoms in total. The number of likely N-dealkylation sites (N-methyl/N-ethyl adjacent to an activating group) is 1. The topological polar surface area (TPSA) is 61.4 Å². The van der Waals surface area contributed by atoms with Crippen LogP contribution in [0, 0.1) is 6.92 Å². The third-order valence-electron chi connectivity index (χ3n) is 4.65. The molecule has 2 amide bonds. The largest absolute Gasteiger partial charge is 0.353 e. The van der Waals surface area contributed by atoms with Gasteiger partial charge in [0.2, 0.25) is 11.8 Å². The van der Waals surface area contributed by atoms with Crippen LogP contribution < -0.4 is 10.6 Å². The zero-order valence-corrected chi connectivity index (χ0v) is 16.2. The summed E-state index contributed by atoms with van der Waals surface area (Å²) in [5.74, 6) is -0.0220. The third-order valence-corrected chi connectivity index (χ3v) is 4.65. The van der Waals surface area contributed by atoms with Crippen molar-refractivity contribution in [1.29, 1.82) is 0 Å². The summed E-state index contributed by atoms with van der Waals surface area (Å²) in [5, 5.41) is 5.97. The van der Waals surface area contributed by atoms with Gasteiger partial charge in [0.05, 0.1) is 6.42 Å². The normalized spacial score (nSPS) is 14.7. The van der Waals surface area contributed by atoms with Gasteiger partial charge in [-0.05, 0) is 57.1 Å². The Hall–Kier alpha value is -2.66. The summed E-state index contributed by atoms with van der Waals surface area (Å²) in [5.41, 5.74) is 3.76. The first kappa shape index (κ1) is 19.1. The van der Waals surface area contributed by atoms with E-state index in [0.717, 1.165) is 35.2 Å². The Labute approximate surface area is 160 Å². The van der Waals surface area contributed by atoms with E-state index in [0.29, 0.717) is 12.5 Å². The maximum absolute atomic E-state index is 12.8. The second kappa shape index (κ2) is 8.35. The lowest BCUT2D eigenvalue weighted by atomic mass is 10.0. The fraction of sp³-hybridized carbons (Fsp3) is 0.364. The summed E-state index contributed by atoms with van der Waals surface area (Å²) in [6, 6.07) is 15.5. The molecule has 2 aromatic carbocycles. The van der Waals surface area contributed by atoms with Gasteiger partial charge in [0.15, 0.2) is 0 Å². The Morgan fingerprint density at radius 1 is 1.11 bits per heavy atom. The molecule has 142 valence electrons. The van der Waals surface area contributed by atoms with E-state index in [-0.39, 0.29) is 17.9 Å². The molecule has 1 atom stereocenters. The van der Waals surface area contributed by atoms with Crippen LogP contribution in [0.4, 0.5) is 5.69 Å². The van der Waals surface area contributed by atoms with Crippen LogP contribution in [0.25, 0.3) is 0 Å². The molecule has 0 aromatic heterocycles. The number of nitrogens with one attached hydrogen (secondary N) is 2. The Kier molecular flexibility index (Phi) is 5.91. The van der Waals surface area contributed by atoms with Crippen LogP contribution in [-0.4, -0.2) is 36.9 Å². The Balaban J connectivity index is 1.64. The van der Waals surface area contributed by atoms with E-state index in [1.807, 2.05) is 74.4 Å². The predicted octanol–water partition coefficient (Wildman–Crippen LogP) is 3.06. The van der Waals surface area contributed by atoms with Crippen LogP contribution in [0.3, 0.4) is 0 Å². The van der Waals surface area contributed by atoms with Gasteiger partial charge in [0, 0.05) is 11.7 Å². The van der Waals surface area contributed by atoms with Crippen molar-refractivity contribution in [2.24, 2.45) is 0 Å². The lowest BCUT2D eigenvalue weighted by Crippen LogP contribution is -2.32. The smallest absolute Gasteiger partial charge is 0.246 e. The minimum atomic E-state index is -0.367. The van der Waals surface area contributed by atoms with Gasteiger partial charge in [-0.3, -0.25) is 14.5 Å². The van der Waals surface area contributed by atoms with Gasteiger partial charge in [0.25, 0.3) is 0 Å². The van der Waals surface area contributed by atoms with Gasteiger partial charge in [-0.25, -0.2) is 0 Å². The third kappa shape index (κ3) is 5.41. The molecular formula is C22H27N3O2. The number of anilines is 1. The van der Waals surface area contributed by atoms with E-state index >= 15 is 0 Å². The predicted molar refractivity (Wildman–Crippen MR) is 108 cm³/mol. The maximum Gasteiger partial charge on any atom is 0.246 e. The van der Waals surface area contributed by atoms with Crippen LogP contribution in [0.2, 0.25) is 0 Å². The highest BCUT2D eigenvalue weighted by Gasteiger charge is 2.24. The van der Waals surface area contributed by atoms with Crippen LogP contribution in [0.1, 0.15) is 35.6 Å². The molecule has 27 heavy (non-hydrogen) atoms. The van der Waals surface area contributed by atoms with Gasteiger partial charge in [-0.15, -0.1) is 0 Å². The van der Waals surface area contributed by atoms with Gasteiger partial charge in [-0.2, -0.15) is 0 Å². The van der Waals surface area contributed by atoms with Crippen molar-refractivity contribution in [2.45, 2.75) is 38.3 Å². The summed E-state index contributed by atoms with van der Waals surface area (Å²) in [6.07, 6.45) is 2.55. The number of hydrogen-bond acceptors (Lipinski definition) is 3. The van der Waals surface area contributed by atoms with Crippen molar-refractivity contribution in [3.8, 4) is 0 Å². The first-order chi connectivity index (χ1) is 12.9. The summed E-state index contributed by atoms with van der Waals surface area (Å²) in [4.78, 5) is 26.6. The average Bonchev–Trinajstić information content (AvgIpc) is 3.40. The molecule has 0 bridgehead atoms. The zero-order valence-electron chi connectivity index (χ0n) is 16.2. The van der Waals surface area contributed by atoms with Crippen molar-refractivity contribution in [3.63, 3.8) is 0 Å². The molecule has 0 radical (unpaired) electrons. The minimum Gasteiger partial charge on any atom is -0.353 e. The van der Waals surface area contributed by atoms with E-state index in [1.54, 1.807) is 0 Å². The second-order valence-electron chi connectivity index (χ2n) is 7.49. The van der Waals surface area contributed by atoms with E-state index in [2.05, 4.69) is 10.6 Å². The van der Waals surface area contributed by atoms with Crippen LogP contribution in [-0.2, 0) is 16.0 Å². The number of carbonyl (C=O) groups excluding carboxylic acids is 2. The lowest BCUT2D eigenvalue weighted by molar-refractivity contribution is -0.121. The Morgan fingerprint density at radius 2 is 1.81 bits per heavy atom. The van der Waals surface area contributed by atoms with Gasteiger partial charge in [0.1, 0.15) is 6.04 Å². The first-order valence-corrected chi connectivity index (χ1v) is 9.34. The minimum absolute atomic E-state index is 0.0569. The number of amides is 2. The molecular weight excluding hydrogens is 338 g/mol. The van der Waals surface area contributed by atoms with Crippen molar-refractivity contribution in [3.05, 3.63) is 65.2 Å². The number of rotatable bonds is 7. The van der Waals surface area contributed by atoms with Gasteiger partial charge >= 0.3 is 0 Å². The number of benzene rings is 2. The van der Waals surface area contributed by atoms with Crippen molar-refractivity contribution >= 4 is 17.5 Å². The summed E-state index contributed by atoms with van der Waals surface area (Å²) < 4.78 is 0. The quantitative estimate of drug-likeness (QED) is 0.793. The molecule has 1 unspecified atom stereocenters. The highest BCUT2D eigenvalue weighted by Crippen LogP contribution is 2.22. The van der Waals surface area contributed by atoms with Crippen molar-refractivity contribution in [1.82, 2.24) is 10.2 Å². The average molecular weight is 365 g/mol. The SMILES string of the molecule is Cc1cccc(C(C(=O)Nc2ccc(CC(=O)NC3CC3)cc2)N(C)C)c1. The van der Waals surface area contributed by atoms with Crippen molar-refractivity contribution in [2.75, 3.05) is 19.4 Å². The zero-order chi connectivity index (χ0) is 19.4. The number of aryl methyl sites for hydroxylation is 1. The molecule has 2 N–H and O–H groups in total. The molecule has 0 aliphatic heterocycles. The maximum atomic E-state index is 12.8. The standard InChI is InChI=1S/C22H27N3O2/c1-15-5-4-6-17(13-15)21(25(2)3)22(27)24-19-9-7-16(8-10-19)14-20(26)23-18-11-12-18/h4-10,13,18,21H,11-12,14H2,1-3H3,(H,23,26)(H,24,27). The molecule has 1 aliphatic rings. The van der Waals surface area contributed by atoms with E-state index < -0.39 is 0 Å². The summed E-state index contributed by atoms with van der Waals surface area (Å²) in [7, 11) is 3.79. The Bertz CT molecular complexity index is 811. The molecule has 1 saturated carbocycles. The number of hydrogen-bond donors (Lipinski definition) is 2. The fourth-order valence-corrected chi connectivity index (χ4v) is 3.13. The first-order valence-electron chi connectivity index (χ1n) is 9.34. The van der Waals surface area contributed by atoms with Gasteiger partial charge in [-0.1, -0.05) is 42.0 Å². The van der Waals surface area contributed by atoms with E-state index in [1.165, 1.54) is 0 Å². The fourth-order valence-electron chi connectivity index (χ4n) is 3.13. The lowest BCUT2D eigenvalue weighted by Gasteiger charge is -2.24. The van der Waals surface area contributed by atoms with Gasteiger partial charge < -0.3 is 10.6 Å². The summed E-state index contributed by atoms with van der Waals surface area (Å²) in [6.45, 7) is 2.02. The van der Waals surface area contributed by atoms with Crippen LogP contribution in [0.15, 0.2) is 48.5 Å². The molecule has 5 heteroatoms. The monoisotopic (exact) mass is 365 g/mol. The van der Waals surface area contributed by atoms with Crippen LogP contribution >= 0.6 is 0 Å². The molecule has 0 saturated heterocycles.